The van der Waals surface area contributed by atoms with Crippen LogP contribution < -0.4 is 10.3 Å². The molecular formula is C23H25N7O2S2. The van der Waals surface area contributed by atoms with Gasteiger partial charge in [0.2, 0.25) is 5.16 Å². The highest BCUT2D eigenvalue weighted by Crippen LogP contribution is 2.27. The Kier molecular flexibility index (Phi) is 6.26. The summed E-state index contributed by atoms with van der Waals surface area (Å²) in [7, 11) is -3.78. The quantitative estimate of drug-likeness (QED) is 0.298. The van der Waals surface area contributed by atoms with E-state index in [1.54, 1.807) is 28.8 Å². The SMILES string of the molecule is CSc1nc2nc3c(c(NNS(=O)(=O)c4ccc(C)cc4)n2n1)CCN(Cc1ccccc1)C3. The third-order valence-corrected chi connectivity index (χ3v) is 7.57. The molecule has 0 saturated carbocycles. The number of benzene rings is 2. The van der Waals surface area contributed by atoms with Crippen molar-refractivity contribution in [2.45, 2.75) is 36.5 Å². The molecule has 1 aliphatic heterocycles. The third-order valence-electron chi connectivity index (χ3n) is 5.77. The standard InChI is InChI=1S/C23H25N7O2S2/c1-16-8-10-18(11-9-16)34(31,32)28-26-21-19-12-13-29(14-17-6-4-3-5-7-17)15-20(19)24-22-25-23(33-2)27-30(21)22/h3-11,26,28H,12-15H2,1-2H3. The van der Waals surface area contributed by atoms with E-state index in [9.17, 15) is 8.42 Å². The molecule has 1 aliphatic rings. The van der Waals surface area contributed by atoms with Crippen LogP contribution in [-0.2, 0) is 29.5 Å². The first-order valence-electron chi connectivity index (χ1n) is 10.9. The van der Waals surface area contributed by atoms with Gasteiger partial charge in [0.15, 0.2) is 5.82 Å². The van der Waals surface area contributed by atoms with Crippen LogP contribution >= 0.6 is 11.8 Å². The predicted octanol–water partition coefficient (Wildman–Crippen LogP) is 3.02. The Morgan fingerprint density at radius 1 is 1.06 bits per heavy atom. The number of sulfonamides is 1. The van der Waals surface area contributed by atoms with Crippen LogP contribution in [0, 0.1) is 6.92 Å². The van der Waals surface area contributed by atoms with Gasteiger partial charge in [-0.2, -0.15) is 9.50 Å². The third kappa shape index (κ3) is 4.64. The number of nitrogens with zero attached hydrogens (tertiary/aromatic N) is 5. The summed E-state index contributed by atoms with van der Waals surface area (Å²) in [6.07, 6.45) is 2.59. The Labute approximate surface area is 202 Å². The van der Waals surface area contributed by atoms with Crippen LogP contribution in [0.15, 0.2) is 64.6 Å². The van der Waals surface area contributed by atoms with Gasteiger partial charge in [0.05, 0.1) is 10.6 Å². The van der Waals surface area contributed by atoms with Gasteiger partial charge in [-0.1, -0.05) is 59.8 Å². The zero-order valence-electron chi connectivity index (χ0n) is 18.9. The van der Waals surface area contributed by atoms with Gasteiger partial charge in [-0.3, -0.25) is 10.3 Å². The van der Waals surface area contributed by atoms with E-state index in [1.165, 1.54) is 17.3 Å². The number of fused-ring (bicyclic) bond motifs is 2. The molecule has 11 heteroatoms. The minimum atomic E-state index is -3.78. The van der Waals surface area contributed by atoms with Gasteiger partial charge in [0, 0.05) is 25.2 Å². The molecule has 0 unspecified atom stereocenters. The van der Waals surface area contributed by atoms with Crippen molar-refractivity contribution in [3.05, 3.63) is 77.0 Å². The molecule has 34 heavy (non-hydrogen) atoms. The van der Waals surface area contributed by atoms with Crippen LogP contribution in [0.25, 0.3) is 5.78 Å². The number of aromatic nitrogens is 4. The number of rotatable bonds is 7. The number of thioether (sulfide) groups is 1. The summed E-state index contributed by atoms with van der Waals surface area (Å²) in [6, 6.07) is 17.0. The maximum absolute atomic E-state index is 12.9. The van der Waals surface area contributed by atoms with Gasteiger partial charge in [0.1, 0.15) is 0 Å². The van der Waals surface area contributed by atoms with Crippen molar-refractivity contribution >= 4 is 33.4 Å². The Morgan fingerprint density at radius 2 is 1.82 bits per heavy atom. The Hall–Kier alpha value is -2.99. The molecule has 0 saturated heterocycles. The van der Waals surface area contributed by atoms with Crippen LogP contribution in [0.5, 0.6) is 0 Å². The van der Waals surface area contributed by atoms with Crippen molar-refractivity contribution in [1.29, 1.82) is 0 Å². The lowest BCUT2D eigenvalue weighted by molar-refractivity contribution is 0.241. The summed E-state index contributed by atoms with van der Waals surface area (Å²) in [5.41, 5.74) is 6.95. The van der Waals surface area contributed by atoms with Crippen molar-refractivity contribution in [3.63, 3.8) is 0 Å². The van der Waals surface area contributed by atoms with E-state index in [0.29, 0.717) is 29.7 Å². The number of hydrogen-bond acceptors (Lipinski definition) is 8. The first-order valence-corrected chi connectivity index (χ1v) is 13.6. The highest BCUT2D eigenvalue weighted by atomic mass is 32.2. The van der Waals surface area contributed by atoms with Gasteiger partial charge in [-0.15, -0.1) is 9.93 Å². The van der Waals surface area contributed by atoms with E-state index in [1.807, 2.05) is 31.4 Å². The van der Waals surface area contributed by atoms with Gasteiger partial charge >= 0.3 is 0 Å². The maximum atomic E-state index is 12.9. The molecular weight excluding hydrogens is 470 g/mol. The maximum Gasteiger partial charge on any atom is 0.257 e. The van der Waals surface area contributed by atoms with Crippen molar-refractivity contribution in [2.24, 2.45) is 0 Å². The first-order chi connectivity index (χ1) is 16.4. The molecule has 9 nitrogen and oxygen atoms in total. The van der Waals surface area contributed by atoms with Crippen LogP contribution in [0.1, 0.15) is 22.4 Å². The highest BCUT2D eigenvalue weighted by molar-refractivity contribution is 7.98. The molecule has 2 N–H and O–H groups in total. The summed E-state index contributed by atoms with van der Waals surface area (Å²) in [5.74, 6) is 0.976. The molecule has 0 bridgehead atoms. The molecule has 0 atom stereocenters. The van der Waals surface area contributed by atoms with Crippen molar-refractivity contribution in [2.75, 3.05) is 18.2 Å². The monoisotopic (exact) mass is 495 g/mol. The molecule has 3 heterocycles. The van der Waals surface area contributed by atoms with Gasteiger partial charge in [-0.05, 0) is 37.3 Å². The fourth-order valence-corrected chi connectivity index (χ4v) is 5.18. The van der Waals surface area contributed by atoms with Crippen molar-refractivity contribution in [3.8, 4) is 0 Å². The summed E-state index contributed by atoms with van der Waals surface area (Å²) >= 11 is 1.41. The number of hydrazine groups is 1. The fourth-order valence-electron chi connectivity index (χ4n) is 4.00. The van der Waals surface area contributed by atoms with E-state index >= 15 is 0 Å². The van der Waals surface area contributed by atoms with Gasteiger partial charge < -0.3 is 0 Å². The van der Waals surface area contributed by atoms with Crippen molar-refractivity contribution < 1.29 is 8.42 Å². The number of aryl methyl sites for hydroxylation is 1. The molecule has 0 fully saturated rings. The average Bonchev–Trinajstić information content (AvgIpc) is 3.25. The molecule has 0 aliphatic carbocycles. The first kappa shape index (κ1) is 22.8. The minimum absolute atomic E-state index is 0.183. The largest absolute Gasteiger partial charge is 0.293 e. The zero-order chi connectivity index (χ0) is 23.7. The molecule has 176 valence electrons. The minimum Gasteiger partial charge on any atom is -0.293 e. The van der Waals surface area contributed by atoms with Crippen LogP contribution in [-0.4, -0.2) is 45.7 Å². The van der Waals surface area contributed by atoms with E-state index in [4.69, 9.17) is 4.98 Å². The second-order valence-electron chi connectivity index (χ2n) is 8.19. The number of anilines is 1. The highest BCUT2D eigenvalue weighted by Gasteiger charge is 2.25. The lowest BCUT2D eigenvalue weighted by Gasteiger charge is -2.29. The van der Waals surface area contributed by atoms with E-state index in [0.717, 1.165) is 29.9 Å². The second kappa shape index (κ2) is 9.34. The summed E-state index contributed by atoms with van der Waals surface area (Å²) in [4.78, 5) is 14.3. The van der Waals surface area contributed by atoms with Crippen LogP contribution in [0.4, 0.5) is 5.82 Å². The summed E-state index contributed by atoms with van der Waals surface area (Å²) in [6.45, 7) is 4.19. The number of nitrogens with one attached hydrogen (secondary N) is 2. The molecule has 4 aromatic rings. The fraction of sp³-hybridized carbons (Fsp3) is 0.261. The smallest absolute Gasteiger partial charge is 0.257 e. The molecule has 0 amide bonds. The molecule has 2 aromatic heterocycles. The normalized spacial score (nSPS) is 14.3. The molecule has 0 radical (unpaired) electrons. The second-order valence-corrected chi connectivity index (χ2v) is 10.6. The van der Waals surface area contributed by atoms with Crippen molar-refractivity contribution in [1.82, 2.24) is 29.3 Å². The lowest BCUT2D eigenvalue weighted by atomic mass is 10.0. The Balaban J connectivity index is 1.46. The van der Waals surface area contributed by atoms with Gasteiger partial charge in [0.25, 0.3) is 15.8 Å². The van der Waals surface area contributed by atoms with Gasteiger partial charge in [-0.25, -0.2) is 13.4 Å². The Bertz CT molecular complexity index is 1420. The molecule has 2 aromatic carbocycles. The predicted molar refractivity (Wildman–Crippen MR) is 132 cm³/mol. The zero-order valence-corrected chi connectivity index (χ0v) is 20.5. The summed E-state index contributed by atoms with van der Waals surface area (Å²) < 4.78 is 27.4. The van der Waals surface area contributed by atoms with E-state index in [2.05, 4.69) is 37.4 Å². The molecule has 5 rings (SSSR count). The average molecular weight is 496 g/mol. The van der Waals surface area contributed by atoms with Crippen LogP contribution in [0.2, 0.25) is 0 Å². The van der Waals surface area contributed by atoms with E-state index in [-0.39, 0.29) is 4.90 Å². The molecule has 0 spiro atoms. The lowest BCUT2D eigenvalue weighted by Crippen LogP contribution is -2.35. The van der Waals surface area contributed by atoms with E-state index < -0.39 is 10.0 Å². The Morgan fingerprint density at radius 3 is 2.56 bits per heavy atom. The summed E-state index contributed by atoms with van der Waals surface area (Å²) in [5, 5.41) is 5.08. The number of hydrogen-bond donors (Lipinski definition) is 2. The topological polar surface area (TPSA) is 105 Å². The van der Waals surface area contributed by atoms with Crippen LogP contribution in [0.3, 0.4) is 0 Å².